The highest BCUT2D eigenvalue weighted by Gasteiger charge is 2.28. The molecule has 13 nitrogen and oxygen atoms in total. The van der Waals surface area contributed by atoms with Crippen molar-refractivity contribution in [2.24, 2.45) is 0 Å². The summed E-state index contributed by atoms with van der Waals surface area (Å²) in [6.07, 6.45) is 0. The van der Waals surface area contributed by atoms with Crippen LogP contribution in [0.4, 0.5) is 34.1 Å². The first-order chi connectivity index (χ1) is 11.7. The molecule has 13 heteroatoms. The monoisotopic (exact) mass is 349 g/mol. The molecule has 0 spiro atoms. The summed E-state index contributed by atoms with van der Waals surface area (Å²) < 4.78 is 0. The highest BCUT2D eigenvalue weighted by atomic mass is 16.6. The second-order valence-electron chi connectivity index (χ2n) is 4.53. The topological polar surface area (TPSA) is 185 Å². The average molecular weight is 349 g/mol. The van der Waals surface area contributed by atoms with E-state index in [1.807, 2.05) is 0 Å². The van der Waals surface area contributed by atoms with E-state index in [2.05, 4.69) is 5.32 Å². The molecule has 2 aromatic rings. The van der Waals surface area contributed by atoms with Crippen molar-refractivity contribution in [1.82, 2.24) is 0 Å². The van der Waals surface area contributed by atoms with Gasteiger partial charge in [-0.3, -0.25) is 40.5 Å². The lowest BCUT2D eigenvalue weighted by Crippen LogP contribution is -2.04. The van der Waals surface area contributed by atoms with E-state index < -0.39 is 48.1 Å². The maximum Gasteiger partial charge on any atom is 0.299 e. The Morgan fingerprint density at radius 1 is 0.680 bits per heavy atom. The molecular weight excluding hydrogens is 342 g/mol. The smallest absolute Gasteiger partial charge is 0.299 e. The third-order valence-corrected chi connectivity index (χ3v) is 3.06. The molecule has 0 unspecified atom stereocenters. The van der Waals surface area contributed by atoms with Gasteiger partial charge in [-0.05, 0) is 12.1 Å². The molecule has 128 valence electrons. The summed E-state index contributed by atoms with van der Waals surface area (Å²) in [6, 6.07) is 5.56. The van der Waals surface area contributed by atoms with Gasteiger partial charge in [0, 0.05) is 18.2 Å². The summed E-state index contributed by atoms with van der Waals surface area (Å²) >= 11 is 0. The molecule has 0 aliphatic heterocycles. The fourth-order valence-electron chi connectivity index (χ4n) is 1.99. The largest absolute Gasteiger partial charge is 0.339 e. The van der Waals surface area contributed by atoms with E-state index in [1.54, 1.807) is 0 Å². The quantitative estimate of drug-likeness (QED) is 0.604. The van der Waals surface area contributed by atoms with E-state index in [1.165, 1.54) is 0 Å². The van der Waals surface area contributed by atoms with Crippen LogP contribution in [0.15, 0.2) is 36.4 Å². The zero-order valence-corrected chi connectivity index (χ0v) is 12.0. The van der Waals surface area contributed by atoms with Gasteiger partial charge in [0.25, 0.3) is 22.7 Å². The fourth-order valence-corrected chi connectivity index (χ4v) is 1.99. The summed E-state index contributed by atoms with van der Waals surface area (Å²) in [4.78, 5) is 40.4. The first-order valence-electron chi connectivity index (χ1n) is 6.34. The lowest BCUT2D eigenvalue weighted by Gasteiger charge is -2.08. The molecule has 0 heterocycles. The van der Waals surface area contributed by atoms with Crippen molar-refractivity contribution in [3.05, 3.63) is 76.9 Å². The van der Waals surface area contributed by atoms with Gasteiger partial charge in [-0.25, -0.2) is 0 Å². The van der Waals surface area contributed by atoms with E-state index in [9.17, 15) is 40.5 Å². The van der Waals surface area contributed by atoms with Crippen LogP contribution >= 0.6 is 0 Å². The van der Waals surface area contributed by atoms with Crippen molar-refractivity contribution in [3.63, 3.8) is 0 Å². The summed E-state index contributed by atoms with van der Waals surface area (Å²) in [5, 5.41) is 46.2. The molecule has 2 rings (SSSR count). The molecule has 0 aliphatic rings. The minimum atomic E-state index is -0.948. The average Bonchev–Trinajstić information content (AvgIpc) is 2.54. The molecule has 0 radical (unpaired) electrons. The predicted octanol–water partition coefficient (Wildman–Crippen LogP) is 3.06. The summed E-state index contributed by atoms with van der Waals surface area (Å²) in [5.74, 6) is 0. The predicted molar refractivity (Wildman–Crippen MR) is 82.8 cm³/mol. The molecule has 2 aromatic carbocycles. The molecule has 0 fully saturated rings. The maximum absolute atomic E-state index is 11.1. The van der Waals surface area contributed by atoms with Crippen molar-refractivity contribution >= 4 is 34.1 Å². The fraction of sp³-hybridized carbons (Fsp3) is 0. The van der Waals surface area contributed by atoms with Crippen molar-refractivity contribution in [2.75, 3.05) is 5.32 Å². The van der Waals surface area contributed by atoms with E-state index in [0.717, 1.165) is 30.3 Å². The number of hydrogen-bond donors (Lipinski definition) is 1. The number of nitrogens with one attached hydrogen (secondary N) is 1. The Kier molecular flexibility index (Phi) is 4.49. The lowest BCUT2D eigenvalue weighted by molar-refractivity contribution is -0.393. The van der Waals surface area contributed by atoms with E-state index >= 15 is 0 Å². The highest BCUT2D eigenvalue weighted by Crippen LogP contribution is 2.39. The van der Waals surface area contributed by atoms with Crippen LogP contribution < -0.4 is 5.32 Å². The molecule has 0 amide bonds. The second kappa shape index (κ2) is 6.53. The number of nitrogens with zero attached hydrogens (tertiary/aromatic N) is 4. The van der Waals surface area contributed by atoms with Crippen LogP contribution in [0.1, 0.15) is 0 Å². The van der Waals surface area contributed by atoms with Crippen molar-refractivity contribution in [3.8, 4) is 0 Å². The van der Waals surface area contributed by atoms with Crippen LogP contribution in [0.2, 0.25) is 0 Å². The third-order valence-electron chi connectivity index (χ3n) is 3.06. The summed E-state index contributed by atoms with van der Waals surface area (Å²) in [5.41, 5.74) is -3.64. The number of hydrogen-bond acceptors (Lipinski definition) is 9. The molecule has 0 aliphatic carbocycles. The Morgan fingerprint density at radius 3 is 1.64 bits per heavy atom. The van der Waals surface area contributed by atoms with Crippen LogP contribution in [-0.2, 0) is 0 Å². The van der Waals surface area contributed by atoms with Gasteiger partial charge in [-0.2, -0.15) is 0 Å². The molecule has 25 heavy (non-hydrogen) atoms. The number of non-ortho nitro benzene ring substituents is 1. The van der Waals surface area contributed by atoms with Gasteiger partial charge in [-0.1, -0.05) is 0 Å². The van der Waals surface area contributed by atoms with Crippen LogP contribution in [0.5, 0.6) is 0 Å². The number of benzene rings is 2. The summed E-state index contributed by atoms with van der Waals surface area (Å²) in [7, 11) is 0. The number of para-hydroxylation sites is 1. The van der Waals surface area contributed by atoms with Crippen molar-refractivity contribution in [2.45, 2.75) is 0 Å². The van der Waals surface area contributed by atoms with Gasteiger partial charge < -0.3 is 5.32 Å². The summed E-state index contributed by atoms with van der Waals surface area (Å²) in [6.45, 7) is 0. The SMILES string of the molecule is O=[N+]([O-])c1ccc(Nc2c([N+](=O)[O-])cccc2[N+](=O)[O-])c([N+](=O)[O-])c1. The van der Waals surface area contributed by atoms with Crippen LogP contribution in [0, 0.1) is 40.5 Å². The first kappa shape index (κ1) is 17.2. The molecule has 1 N–H and O–H groups in total. The van der Waals surface area contributed by atoms with Crippen molar-refractivity contribution in [1.29, 1.82) is 0 Å². The molecule has 0 aromatic heterocycles. The third kappa shape index (κ3) is 3.44. The minimum absolute atomic E-state index is 0.368. The number of nitro groups is 4. The zero-order chi connectivity index (χ0) is 18.7. The standard InChI is InChI=1S/C12H7N5O8/c18-14(19)7-4-5-8(11(6-7)17(24)25)13-12-9(15(20)21)2-1-3-10(12)16(22)23/h1-6,13H. The van der Waals surface area contributed by atoms with E-state index in [4.69, 9.17) is 0 Å². The maximum atomic E-state index is 11.1. The Morgan fingerprint density at radius 2 is 1.20 bits per heavy atom. The minimum Gasteiger partial charge on any atom is -0.339 e. The Labute approximate surface area is 137 Å². The van der Waals surface area contributed by atoms with Crippen LogP contribution in [0.25, 0.3) is 0 Å². The van der Waals surface area contributed by atoms with Gasteiger partial charge in [0.2, 0.25) is 0 Å². The van der Waals surface area contributed by atoms with Gasteiger partial charge in [0.1, 0.15) is 5.69 Å². The molecular formula is C12H7N5O8. The van der Waals surface area contributed by atoms with E-state index in [-0.39, 0.29) is 5.69 Å². The second-order valence-corrected chi connectivity index (χ2v) is 4.53. The normalized spacial score (nSPS) is 10.1. The first-order valence-corrected chi connectivity index (χ1v) is 6.34. The number of nitro benzene ring substituents is 4. The molecule has 0 atom stereocenters. The van der Waals surface area contributed by atoms with Gasteiger partial charge in [0.05, 0.1) is 25.8 Å². The van der Waals surface area contributed by atoms with Crippen LogP contribution in [0.3, 0.4) is 0 Å². The van der Waals surface area contributed by atoms with Gasteiger partial charge in [0.15, 0.2) is 5.69 Å². The highest BCUT2D eigenvalue weighted by molar-refractivity contribution is 5.82. The van der Waals surface area contributed by atoms with Gasteiger partial charge >= 0.3 is 0 Å². The Balaban J connectivity index is 2.64. The van der Waals surface area contributed by atoms with Gasteiger partial charge in [-0.15, -0.1) is 0 Å². The van der Waals surface area contributed by atoms with Crippen LogP contribution in [-0.4, -0.2) is 19.7 Å². The molecule has 0 saturated carbocycles. The molecule has 0 saturated heterocycles. The number of rotatable bonds is 6. The molecule has 0 bridgehead atoms. The van der Waals surface area contributed by atoms with E-state index in [0.29, 0.717) is 6.07 Å². The van der Waals surface area contributed by atoms with Crippen molar-refractivity contribution < 1.29 is 19.7 Å². The lowest BCUT2D eigenvalue weighted by atomic mass is 10.2. The Bertz CT molecular complexity index is 880. The number of anilines is 2. The Hall–Kier alpha value is -4.16. The zero-order valence-electron chi connectivity index (χ0n) is 12.0.